The van der Waals surface area contributed by atoms with Gasteiger partial charge in [0.05, 0.1) is 0 Å². The van der Waals surface area contributed by atoms with E-state index in [0.717, 1.165) is 0 Å². The van der Waals surface area contributed by atoms with Crippen LogP contribution in [0.1, 0.15) is 6.92 Å². The molecule has 0 saturated heterocycles. The van der Waals surface area contributed by atoms with Crippen molar-refractivity contribution in [3.63, 3.8) is 0 Å². The van der Waals surface area contributed by atoms with Crippen molar-refractivity contribution in [2.75, 3.05) is 0 Å². The summed E-state index contributed by atoms with van der Waals surface area (Å²) in [5, 5.41) is 4.11. The Hall–Kier alpha value is 0.120. The van der Waals surface area contributed by atoms with Crippen LogP contribution in [-0.4, -0.2) is 0 Å². The van der Waals surface area contributed by atoms with Crippen molar-refractivity contribution in [3.8, 4) is 0 Å². The minimum absolute atomic E-state index is 0.375. The van der Waals surface area contributed by atoms with Gasteiger partial charge >= 0.3 is 0 Å². The average Bonchev–Trinajstić information content (AvgIpc) is 1.87. The fourth-order valence-corrected chi connectivity index (χ4v) is 2.04. The van der Waals surface area contributed by atoms with E-state index in [1.165, 1.54) is 5.57 Å². The smallest absolute Gasteiger partial charge is 0.0295 e. The zero-order valence-electron chi connectivity index (χ0n) is 4.06. The van der Waals surface area contributed by atoms with Gasteiger partial charge in [-0.1, -0.05) is 16.8 Å². The Bertz CT molecular complexity index is 126. The van der Waals surface area contributed by atoms with Crippen molar-refractivity contribution >= 4 is 20.8 Å². The maximum atomic E-state index is 5.71. The molecule has 1 atom stereocenters. The van der Waals surface area contributed by atoms with Gasteiger partial charge < -0.3 is 0 Å². The third kappa shape index (κ3) is 1.25. The Kier molecular flexibility index (Phi) is 1.45. The lowest BCUT2D eigenvalue weighted by atomic mass is 10.4. The molecule has 0 saturated carbocycles. The van der Waals surface area contributed by atoms with E-state index in [1.807, 2.05) is 5.41 Å². The van der Waals surface area contributed by atoms with E-state index in [0.29, 0.717) is 0 Å². The molecule has 0 aromatic rings. The van der Waals surface area contributed by atoms with Crippen LogP contribution < -0.4 is 0 Å². The van der Waals surface area contributed by atoms with Crippen LogP contribution in [0, 0.1) is 0 Å². The average molecular weight is 135 g/mol. The number of allylic oxidation sites excluding steroid dienone is 2. The molecule has 0 N–H and O–H groups in total. The van der Waals surface area contributed by atoms with Crippen LogP contribution in [0.25, 0.3) is 0 Å². The highest BCUT2D eigenvalue weighted by molar-refractivity contribution is 8.40. The Morgan fingerprint density at radius 1 is 1.71 bits per heavy atom. The first-order valence-corrected chi connectivity index (χ1v) is 4.48. The van der Waals surface area contributed by atoms with Crippen LogP contribution in [0.3, 0.4) is 0 Å². The summed E-state index contributed by atoms with van der Waals surface area (Å²) in [6, 6.07) is 0. The maximum absolute atomic E-state index is 5.71. The van der Waals surface area contributed by atoms with Crippen LogP contribution in [-0.2, 0) is 0 Å². The standard InChI is InChI=1S/C5H7ClS/c1-5-2-3-7(6)4-5/h2-4,7H,1H3. The minimum atomic E-state index is -0.375. The predicted molar refractivity (Wildman–Crippen MR) is 37.7 cm³/mol. The predicted octanol–water partition coefficient (Wildman–Crippen LogP) is 2.57. The van der Waals surface area contributed by atoms with Crippen LogP contribution >= 0.6 is 20.8 Å². The molecule has 1 aliphatic heterocycles. The van der Waals surface area contributed by atoms with E-state index in [2.05, 4.69) is 18.4 Å². The Labute approximate surface area is 50.7 Å². The molecule has 1 unspecified atom stereocenters. The fraction of sp³-hybridized carbons (Fsp3) is 0.200. The highest BCUT2D eigenvalue weighted by atomic mass is 35.7. The molecule has 0 radical (unpaired) electrons. The Balaban J connectivity index is 2.69. The first kappa shape index (κ1) is 5.26. The first-order valence-electron chi connectivity index (χ1n) is 2.10. The molecule has 1 rings (SSSR count). The molecule has 0 nitrogen and oxygen atoms in total. The normalized spacial score (nSPS) is 33.4. The molecule has 1 aliphatic rings. The van der Waals surface area contributed by atoms with E-state index in [-0.39, 0.29) is 10.1 Å². The molecular formula is C5H7ClS. The third-order valence-corrected chi connectivity index (χ3v) is 2.53. The molecule has 0 fully saturated rings. The molecule has 40 valence electrons. The van der Waals surface area contributed by atoms with Crippen molar-refractivity contribution in [1.82, 2.24) is 0 Å². The molecule has 0 aromatic carbocycles. The maximum Gasteiger partial charge on any atom is -0.0295 e. The quantitative estimate of drug-likeness (QED) is 0.484. The van der Waals surface area contributed by atoms with Crippen LogP contribution in [0.2, 0.25) is 0 Å². The number of thiol groups is 1. The van der Waals surface area contributed by atoms with E-state index >= 15 is 0 Å². The van der Waals surface area contributed by atoms with Crippen molar-refractivity contribution in [1.29, 1.82) is 0 Å². The SMILES string of the molecule is CC1=C[SH](Cl)C=C1. The number of hydrogen-bond donors (Lipinski definition) is 1. The van der Waals surface area contributed by atoms with E-state index in [9.17, 15) is 0 Å². The van der Waals surface area contributed by atoms with Gasteiger partial charge in [0.25, 0.3) is 0 Å². The topological polar surface area (TPSA) is 0 Å². The van der Waals surface area contributed by atoms with E-state index in [4.69, 9.17) is 10.7 Å². The number of halogens is 1. The second-order valence-electron chi connectivity index (χ2n) is 1.53. The van der Waals surface area contributed by atoms with E-state index < -0.39 is 0 Å². The summed E-state index contributed by atoms with van der Waals surface area (Å²) < 4.78 is 0. The zero-order chi connectivity index (χ0) is 5.28. The molecule has 0 aliphatic carbocycles. The lowest BCUT2D eigenvalue weighted by Gasteiger charge is -1.89. The third-order valence-electron chi connectivity index (χ3n) is 0.807. The van der Waals surface area contributed by atoms with E-state index in [1.54, 1.807) is 0 Å². The van der Waals surface area contributed by atoms with Crippen LogP contribution in [0.15, 0.2) is 22.5 Å². The Morgan fingerprint density at radius 2 is 2.43 bits per heavy atom. The molecule has 1 heterocycles. The van der Waals surface area contributed by atoms with Gasteiger partial charge in [-0.2, -0.15) is 0 Å². The minimum Gasteiger partial charge on any atom is -0.134 e. The van der Waals surface area contributed by atoms with Crippen molar-refractivity contribution < 1.29 is 0 Å². The van der Waals surface area contributed by atoms with Gasteiger partial charge in [0.2, 0.25) is 0 Å². The Morgan fingerprint density at radius 3 is 2.57 bits per heavy atom. The molecule has 0 amide bonds. The molecular weight excluding hydrogens is 128 g/mol. The summed E-state index contributed by atoms with van der Waals surface area (Å²) in [5.41, 5.74) is 1.29. The van der Waals surface area contributed by atoms with Crippen molar-refractivity contribution in [3.05, 3.63) is 22.5 Å². The first-order chi connectivity index (χ1) is 3.29. The zero-order valence-corrected chi connectivity index (χ0v) is 5.71. The van der Waals surface area contributed by atoms with Crippen molar-refractivity contribution in [2.24, 2.45) is 0 Å². The van der Waals surface area contributed by atoms with Crippen LogP contribution in [0.4, 0.5) is 0 Å². The lowest BCUT2D eigenvalue weighted by Crippen LogP contribution is -1.51. The summed E-state index contributed by atoms with van der Waals surface area (Å²) in [7, 11) is 5.33. The molecule has 0 aromatic heterocycles. The lowest BCUT2D eigenvalue weighted by molar-refractivity contribution is 1.58. The molecule has 0 spiro atoms. The highest BCUT2D eigenvalue weighted by Gasteiger charge is 1.94. The highest BCUT2D eigenvalue weighted by Crippen LogP contribution is 2.39. The molecule has 7 heavy (non-hydrogen) atoms. The van der Waals surface area contributed by atoms with Crippen LogP contribution in [0.5, 0.6) is 0 Å². The molecule has 0 bridgehead atoms. The second kappa shape index (κ2) is 1.93. The van der Waals surface area contributed by atoms with Gasteiger partial charge in [-0.25, -0.2) is 0 Å². The van der Waals surface area contributed by atoms with Gasteiger partial charge in [0.1, 0.15) is 0 Å². The second-order valence-corrected chi connectivity index (χ2v) is 3.95. The largest absolute Gasteiger partial charge is 0.134 e. The summed E-state index contributed by atoms with van der Waals surface area (Å²) >= 11 is 0. The van der Waals surface area contributed by atoms with Crippen molar-refractivity contribution in [2.45, 2.75) is 6.92 Å². The summed E-state index contributed by atoms with van der Waals surface area (Å²) in [5.74, 6) is 0. The fourth-order valence-electron chi connectivity index (χ4n) is 0.469. The molecule has 2 heteroatoms. The number of hydrogen-bond acceptors (Lipinski definition) is 0. The summed E-state index contributed by atoms with van der Waals surface area (Å²) in [6.07, 6.45) is 2.05. The van der Waals surface area contributed by atoms with Gasteiger partial charge in [-0.3, -0.25) is 0 Å². The van der Waals surface area contributed by atoms with Gasteiger partial charge in [-0.05, 0) is 23.3 Å². The summed E-state index contributed by atoms with van der Waals surface area (Å²) in [4.78, 5) is 0. The van der Waals surface area contributed by atoms with Gasteiger partial charge in [0, 0.05) is 0 Å². The van der Waals surface area contributed by atoms with Gasteiger partial charge in [-0.15, -0.1) is 10.1 Å². The monoisotopic (exact) mass is 134 g/mol. The number of rotatable bonds is 0. The van der Waals surface area contributed by atoms with Gasteiger partial charge in [0.15, 0.2) is 0 Å². The summed E-state index contributed by atoms with van der Waals surface area (Å²) in [6.45, 7) is 2.06.